The number of unbranched alkanes of at least 4 members (excludes halogenated alkanes) is 6. The molecule has 1 aromatic carbocycles. The van der Waals surface area contributed by atoms with Gasteiger partial charge in [0, 0.05) is 6.42 Å². The van der Waals surface area contributed by atoms with E-state index < -0.39 is 0 Å². The summed E-state index contributed by atoms with van der Waals surface area (Å²) in [6.07, 6.45) is 12.1. The van der Waals surface area contributed by atoms with E-state index in [0.29, 0.717) is 6.42 Å². The maximum Gasteiger partial charge on any atom is 0.240 e. The summed E-state index contributed by atoms with van der Waals surface area (Å²) >= 11 is 0. The summed E-state index contributed by atoms with van der Waals surface area (Å²) in [5.41, 5.74) is 3.52. The van der Waals surface area contributed by atoms with Crippen molar-refractivity contribution in [1.29, 1.82) is 0 Å². The molecule has 0 saturated carbocycles. The van der Waals surface area contributed by atoms with Crippen LogP contribution in [0, 0.1) is 5.92 Å². The molecule has 25 heavy (non-hydrogen) atoms. The molecule has 0 radical (unpaired) electrons. The third-order valence-electron chi connectivity index (χ3n) is 4.20. The van der Waals surface area contributed by atoms with Crippen molar-refractivity contribution in [2.75, 3.05) is 7.11 Å². The molecule has 1 aromatic rings. The van der Waals surface area contributed by atoms with Crippen LogP contribution in [-0.4, -0.2) is 19.2 Å². The zero-order chi connectivity index (χ0) is 18.3. The molecule has 0 bridgehead atoms. The number of benzene rings is 1. The second-order valence-corrected chi connectivity index (χ2v) is 6.97. The number of nitrogens with zero attached hydrogens (tertiary/aromatic N) is 1. The van der Waals surface area contributed by atoms with Gasteiger partial charge >= 0.3 is 0 Å². The number of methoxy groups -OCH3 is 1. The molecule has 1 amide bonds. The van der Waals surface area contributed by atoms with Crippen molar-refractivity contribution in [3.05, 3.63) is 29.8 Å². The lowest BCUT2D eigenvalue weighted by molar-refractivity contribution is -0.121. The average Bonchev–Trinajstić information content (AvgIpc) is 2.60. The largest absolute Gasteiger partial charge is 0.497 e. The Morgan fingerprint density at radius 1 is 1.04 bits per heavy atom. The number of carbonyl (C=O) groups is 1. The van der Waals surface area contributed by atoms with Crippen LogP contribution in [0.2, 0.25) is 0 Å². The Morgan fingerprint density at radius 2 is 1.64 bits per heavy atom. The molecular weight excluding hydrogens is 312 g/mol. The van der Waals surface area contributed by atoms with Crippen LogP contribution < -0.4 is 10.2 Å². The maximum absolute atomic E-state index is 11.7. The molecule has 0 aliphatic heterocycles. The van der Waals surface area contributed by atoms with Gasteiger partial charge in [-0.3, -0.25) is 4.79 Å². The van der Waals surface area contributed by atoms with Crippen LogP contribution in [0.3, 0.4) is 0 Å². The fourth-order valence-electron chi connectivity index (χ4n) is 2.65. The predicted octanol–water partition coefficient (Wildman–Crippen LogP) is 5.31. The van der Waals surface area contributed by atoms with E-state index in [-0.39, 0.29) is 5.91 Å². The molecule has 0 spiro atoms. The van der Waals surface area contributed by atoms with Gasteiger partial charge in [-0.15, -0.1) is 0 Å². The lowest BCUT2D eigenvalue weighted by Gasteiger charge is -2.04. The van der Waals surface area contributed by atoms with E-state index in [4.69, 9.17) is 4.74 Å². The van der Waals surface area contributed by atoms with Crippen LogP contribution in [-0.2, 0) is 4.79 Å². The zero-order valence-corrected chi connectivity index (χ0v) is 16.1. The van der Waals surface area contributed by atoms with E-state index in [1.807, 2.05) is 24.3 Å². The molecule has 1 rings (SSSR count). The van der Waals surface area contributed by atoms with Gasteiger partial charge < -0.3 is 4.74 Å². The van der Waals surface area contributed by atoms with Crippen molar-refractivity contribution >= 4 is 12.1 Å². The van der Waals surface area contributed by atoms with Gasteiger partial charge in [-0.25, -0.2) is 5.43 Å². The Balaban J connectivity index is 2.00. The van der Waals surface area contributed by atoms with Gasteiger partial charge in [0.25, 0.3) is 0 Å². The molecule has 0 heterocycles. The van der Waals surface area contributed by atoms with Gasteiger partial charge in [-0.2, -0.15) is 5.10 Å². The standard InChI is InChI=1S/C21H34N2O2/c1-18(2)11-9-7-5-4-6-8-10-12-21(24)23-22-17-19-13-15-20(25-3)16-14-19/h13-18H,4-12H2,1-3H3,(H,23,24). The molecule has 0 saturated heterocycles. The molecule has 0 aliphatic carbocycles. The van der Waals surface area contributed by atoms with E-state index in [9.17, 15) is 4.79 Å². The molecular formula is C21H34N2O2. The average molecular weight is 347 g/mol. The van der Waals surface area contributed by atoms with Gasteiger partial charge in [-0.05, 0) is 42.2 Å². The number of nitrogens with one attached hydrogen (secondary N) is 1. The summed E-state index contributed by atoms with van der Waals surface area (Å²) in [5, 5.41) is 3.99. The first-order valence-electron chi connectivity index (χ1n) is 9.57. The number of hydrazone groups is 1. The minimum absolute atomic E-state index is 0.0123. The van der Waals surface area contributed by atoms with E-state index in [1.54, 1.807) is 13.3 Å². The Hall–Kier alpha value is -1.84. The van der Waals surface area contributed by atoms with Gasteiger partial charge in [0.2, 0.25) is 5.91 Å². The van der Waals surface area contributed by atoms with Crippen LogP contribution in [0.1, 0.15) is 77.2 Å². The van der Waals surface area contributed by atoms with Crippen molar-refractivity contribution in [2.45, 2.75) is 71.6 Å². The molecule has 0 aromatic heterocycles. The second-order valence-electron chi connectivity index (χ2n) is 6.97. The summed E-state index contributed by atoms with van der Waals surface area (Å²) in [5.74, 6) is 1.62. The number of amides is 1. The quantitative estimate of drug-likeness (QED) is 0.299. The van der Waals surface area contributed by atoms with Crippen LogP contribution in [0.5, 0.6) is 5.75 Å². The summed E-state index contributed by atoms with van der Waals surface area (Å²) in [6.45, 7) is 4.57. The third kappa shape index (κ3) is 11.4. The number of hydrogen-bond donors (Lipinski definition) is 1. The fraction of sp³-hybridized carbons (Fsp3) is 0.619. The maximum atomic E-state index is 11.7. The van der Waals surface area contributed by atoms with Crippen molar-refractivity contribution in [2.24, 2.45) is 11.0 Å². The Labute approximate surface area is 153 Å². The molecule has 0 fully saturated rings. The fourth-order valence-corrected chi connectivity index (χ4v) is 2.65. The minimum atomic E-state index is -0.0123. The molecule has 0 aliphatic rings. The van der Waals surface area contributed by atoms with E-state index in [1.165, 1.54) is 38.5 Å². The highest BCUT2D eigenvalue weighted by molar-refractivity contribution is 5.82. The highest BCUT2D eigenvalue weighted by Gasteiger charge is 2.00. The summed E-state index contributed by atoms with van der Waals surface area (Å²) in [7, 11) is 1.64. The summed E-state index contributed by atoms with van der Waals surface area (Å²) in [4.78, 5) is 11.7. The van der Waals surface area contributed by atoms with Crippen LogP contribution >= 0.6 is 0 Å². The van der Waals surface area contributed by atoms with Gasteiger partial charge in [0.15, 0.2) is 0 Å². The Morgan fingerprint density at radius 3 is 2.24 bits per heavy atom. The van der Waals surface area contributed by atoms with E-state index >= 15 is 0 Å². The second kappa shape index (κ2) is 13.5. The van der Waals surface area contributed by atoms with Crippen molar-refractivity contribution in [3.8, 4) is 5.75 Å². The van der Waals surface area contributed by atoms with Crippen molar-refractivity contribution in [1.82, 2.24) is 5.43 Å². The first-order chi connectivity index (χ1) is 12.1. The van der Waals surface area contributed by atoms with Crippen LogP contribution in [0.25, 0.3) is 0 Å². The molecule has 140 valence electrons. The zero-order valence-electron chi connectivity index (χ0n) is 16.1. The summed E-state index contributed by atoms with van der Waals surface area (Å²) < 4.78 is 5.10. The monoisotopic (exact) mass is 346 g/mol. The highest BCUT2D eigenvalue weighted by atomic mass is 16.5. The Kier molecular flexibility index (Phi) is 11.4. The smallest absolute Gasteiger partial charge is 0.240 e. The van der Waals surface area contributed by atoms with Gasteiger partial charge in [0.1, 0.15) is 5.75 Å². The molecule has 0 unspecified atom stereocenters. The Bertz CT molecular complexity index is 495. The lowest BCUT2D eigenvalue weighted by Crippen LogP contribution is -2.16. The molecule has 4 nitrogen and oxygen atoms in total. The number of rotatable bonds is 13. The first-order valence-corrected chi connectivity index (χ1v) is 9.57. The van der Waals surface area contributed by atoms with Crippen molar-refractivity contribution < 1.29 is 9.53 Å². The molecule has 4 heteroatoms. The van der Waals surface area contributed by atoms with Crippen LogP contribution in [0.15, 0.2) is 29.4 Å². The predicted molar refractivity (Wildman–Crippen MR) is 105 cm³/mol. The van der Waals surface area contributed by atoms with Crippen LogP contribution in [0.4, 0.5) is 0 Å². The highest BCUT2D eigenvalue weighted by Crippen LogP contribution is 2.12. The number of hydrogen-bond acceptors (Lipinski definition) is 3. The summed E-state index contributed by atoms with van der Waals surface area (Å²) in [6, 6.07) is 7.53. The van der Waals surface area contributed by atoms with Gasteiger partial charge in [-0.1, -0.05) is 58.8 Å². The number of ether oxygens (including phenoxy) is 1. The molecule has 1 N–H and O–H groups in total. The van der Waals surface area contributed by atoms with E-state index in [0.717, 1.165) is 30.1 Å². The number of carbonyl (C=O) groups excluding carboxylic acids is 1. The first kappa shape index (κ1) is 21.2. The normalized spacial score (nSPS) is 11.2. The van der Waals surface area contributed by atoms with Gasteiger partial charge in [0.05, 0.1) is 13.3 Å². The lowest BCUT2D eigenvalue weighted by atomic mass is 10.0. The van der Waals surface area contributed by atoms with Crippen molar-refractivity contribution in [3.63, 3.8) is 0 Å². The minimum Gasteiger partial charge on any atom is -0.497 e. The topological polar surface area (TPSA) is 50.7 Å². The third-order valence-corrected chi connectivity index (χ3v) is 4.20. The SMILES string of the molecule is COc1ccc(C=NNC(=O)CCCCCCCCCC(C)C)cc1. The van der Waals surface area contributed by atoms with E-state index in [2.05, 4.69) is 24.4 Å². The molecule has 0 atom stereocenters.